The molecule has 0 fully saturated rings. The molecule has 0 N–H and O–H groups in total. The van der Waals surface area contributed by atoms with Crippen LogP contribution in [0.2, 0.25) is 10.5 Å². The molecular formula is C16H21Ge. The Labute approximate surface area is 109 Å². The predicted molar refractivity (Wildman–Crippen MR) is 79.1 cm³/mol. The Kier molecular flexibility index (Phi) is 4.27. The van der Waals surface area contributed by atoms with E-state index in [9.17, 15) is 0 Å². The van der Waals surface area contributed by atoms with Gasteiger partial charge in [-0.3, -0.25) is 0 Å². The van der Waals surface area contributed by atoms with Gasteiger partial charge in [0.2, 0.25) is 0 Å². The standard InChI is InChI=1S/C16H21Ge/c1-4-17(5-2)13(3)15-12-8-10-14-9-6-7-11-16(14)15/h6-13H,4-5H2,1-3H3. The first-order valence-electron chi connectivity index (χ1n) is 6.60. The molecule has 0 saturated carbocycles. The fraction of sp³-hybridized carbons (Fsp3) is 0.375. The van der Waals surface area contributed by atoms with E-state index in [1.54, 1.807) is 5.56 Å². The average molecular weight is 286 g/mol. The molecule has 2 aromatic carbocycles. The minimum absolute atomic E-state index is 0.816. The van der Waals surface area contributed by atoms with E-state index >= 15 is 0 Å². The van der Waals surface area contributed by atoms with Gasteiger partial charge in [0.15, 0.2) is 0 Å². The van der Waals surface area contributed by atoms with Gasteiger partial charge >= 0.3 is 109 Å². The van der Waals surface area contributed by atoms with Crippen LogP contribution < -0.4 is 0 Å². The van der Waals surface area contributed by atoms with Crippen LogP contribution in [0.5, 0.6) is 0 Å². The van der Waals surface area contributed by atoms with Crippen molar-refractivity contribution in [3.05, 3.63) is 48.0 Å². The third-order valence-corrected chi connectivity index (χ3v) is 10.8. The second-order valence-electron chi connectivity index (χ2n) is 4.66. The van der Waals surface area contributed by atoms with Gasteiger partial charge in [-0.2, -0.15) is 0 Å². The monoisotopic (exact) mass is 287 g/mol. The van der Waals surface area contributed by atoms with Crippen molar-refractivity contribution >= 4 is 25.1 Å². The Balaban J connectivity index is 2.47. The summed E-state index contributed by atoms with van der Waals surface area (Å²) in [4.78, 5) is 0. The molecule has 0 heterocycles. The van der Waals surface area contributed by atoms with Crippen LogP contribution in [0.3, 0.4) is 0 Å². The van der Waals surface area contributed by atoms with Gasteiger partial charge in [-0.1, -0.05) is 0 Å². The Morgan fingerprint density at radius 1 is 0.941 bits per heavy atom. The van der Waals surface area contributed by atoms with Crippen molar-refractivity contribution in [1.82, 2.24) is 0 Å². The van der Waals surface area contributed by atoms with Gasteiger partial charge in [0.25, 0.3) is 0 Å². The fourth-order valence-corrected chi connectivity index (χ4v) is 7.78. The van der Waals surface area contributed by atoms with E-state index < -0.39 is 14.3 Å². The van der Waals surface area contributed by atoms with E-state index in [-0.39, 0.29) is 0 Å². The maximum atomic E-state index is 2.45. The molecule has 89 valence electrons. The fourth-order valence-electron chi connectivity index (χ4n) is 2.71. The number of benzene rings is 2. The summed E-state index contributed by atoms with van der Waals surface area (Å²) in [5, 5.41) is 5.72. The van der Waals surface area contributed by atoms with Crippen LogP contribution in [-0.2, 0) is 0 Å². The van der Waals surface area contributed by atoms with E-state index in [2.05, 4.69) is 63.2 Å². The molecule has 0 aliphatic carbocycles. The molecule has 0 amide bonds. The molecule has 0 nitrogen and oxygen atoms in total. The molecule has 0 aliphatic rings. The van der Waals surface area contributed by atoms with Crippen LogP contribution in [0.25, 0.3) is 10.8 Å². The van der Waals surface area contributed by atoms with Crippen LogP contribution >= 0.6 is 0 Å². The summed E-state index contributed by atoms with van der Waals surface area (Å²) < 4.78 is 0.816. The normalized spacial score (nSPS) is 13.2. The van der Waals surface area contributed by atoms with Crippen molar-refractivity contribution in [2.45, 2.75) is 36.0 Å². The molecule has 1 heteroatoms. The average Bonchev–Trinajstić information content (AvgIpc) is 2.39. The van der Waals surface area contributed by atoms with Crippen molar-refractivity contribution in [3.63, 3.8) is 0 Å². The molecule has 0 aromatic heterocycles. The van der Waals surface area contributed by atoms with Crippen molar-refractivity contribution in [2.24, 2.45) is 0 Å². The first kappa shape index (κ1) is 12.7. The van der Waals surface area contributed by atoms with Gasteiger partial charge in [-0.15, -0.1) is 0 Å². The zero-order chi connectivity index (χ0) is 12.3. The van der Waals surface area contributed by atoms with E-state index in [0.29, 0.717) is 0 Å². The second-order valence-corrected chi connectivity index (χ2v) is 12.2. The van der Waals surface area contributed by atoms with Gasteiger partial charge in [-0.25, -0.2) is 0 Å². The van der Waals surface area contributed by atoms with Crippen molar-refractivity contribution in [1.29, 1.82) is 0 Å². The first-order valence-corrected chi connectivity index (χ1v) is 10.8. The summed E-state index contributed by atoms with van der Waals surface area (Å²) in [6, 6.07) is 15.6. The van der Waals surface area contributed by atoms with E-state index in [1.165, 1.54) is 21.3 Å². The summed E-state index contributed by atoms with van der Waals surface area (Å²) in [7, 11) is 0. The number of rotatable bonds is 4. The van der Waals surface area contributed by atoms with Crippen LogP contribution in [0.4, 0.5) is 0 Å². The van der Waals surface area contributed by atoms with Gasteiger partial charge in [0, 0.05) is 0 Å². The van der Waals surface area contributed by atoms with Gasteiger partial charge in [-0.05, 0) is 0 Å². The molecule has 0 spiro atoms. The Hall–Kier alpha value is -0.757. The Bertz CT molecular complexity index is 480. The second kappa shape index (κ2) is 5.72. The van der Waals surface area contributed by atoms with Crippen LogP contribution in [0, 0.1) is 0 Å². The van der Waals surface area contributed by atoms with Gasteiger partial charge < -0.3 is 0 Å². The molecule has 1 unspecified atom stereocenters. The number of hydrogen-bond acceptors (Lipinski definition) is 0. The Morgan fingerprint density at radius 3 is 2.29 bits per heavy atom. The summed E-state index contributed by atoms with van der Waals surface area (Å²) in [6.07, 6.45) is 0. The third kappa shape index (κ3) is 2.57. The molecule has 0 bridgehead atoms. The summed E-state index contributed by atoms with van der Waals surface area (Å²) in [5.74, 6) is 0. The molecule has 17 heavy (non-hydrogen) atoms. The zero-order valence-corrected chi connectivity index (χ0v) is 13.1. The summed E-state index contributed by atoms with van der Waals surface area (Å²) in [6.45, 7) is 7.20. The minimum atomic E-state index is -0.903. The molecule has 2 rings (SSSR count). The van der Waals surface area contributed by atoms with E-state index in [4.69, 9.17) is 0 Å². The quantitative estimate of drug-likeness (QED) is 0.692. The first-order chi connectivity index (χ1) is 8.27. The SMILES string of the molecule is C[CH2][Ge]([CH2]C)[CH](C)c1cccc2ccccc12. The topological polar surface area (TPSA) is 0 Å². The van der Waals surface area contributed by atoms with E-state index in [1.807, 2.05) is 0 Å². The van der Waals surface area contributed by atoms with Crippen LogP contribution in [-0.4, -0.2) is 14.3 Å². The summed E-state index contributed by atoms with van der Waals surface area (Å²) >= 11 is -0.903. The molecule has 0 saturated heterocycles. The third-order valence-electron chi connectivity index (χ3n) is 3.81. The van der Waals surface area contributed by atoms with Crippen molar-refractivity contribution in [2.75, 3.05) is 0 Å². The zero-order valence-electron chi connectivity index (χ0n) is 11.0. The molecule has 2 aromatic rings. The van der Waals surface area contributed by atoms with E-state index in [0.717, 1.165) is 4.75 Å². The van der Waals surface area contributed by atoms with Crippen LogP contribution in [0.15, 0.2) is 42.5 Å². The van der Waals surface area contributed by atoms with Crippen molar-refractivity contribution < 1.29 is 0 Å². The molecule has 0 aliphatic heterocycles. The number of hydrogen-bond donors (Lipinski definition) is 0. The van der Waals surface area contributed by atoms with Gasteiger partial charge in [0.1, 0.15) is 0 Å². The number of fused-ring (bicyclic) bond motifs is 1. The van der Waals surface area contributed by atoms with Gasteiger partial charge in [0.05, 0.1) is 0 Å². The maximum absolute atomic E-state index is 2.45. The van der Waals surface area contributed by atoms with Crippen LogP contribution in [0.1, 0.15) is 31.1 Å². The molecule has 1 radical (unpaired) electrons. The Morgan fingerprint density at radius 2 is 1.59 bits per heavy atom. The molecular weight excluding hydrogens is 265 g/mol. The molecule has 1 atom stereocenters. The van der Waals surface area contributed by atoms with Crippen molar-refractivity contribution in [3.8, 4) is 0 Å². The predicted octanol–water partition coefficient (Wildman–Crippen LogP) is 5.02. The summed E-state index contributed by atoms with van der Waals surface area (Å²) in [5.41, 5.74) is 1.59.